The fraction of sp³-hybridized carbons (Fsp3) is 0.467. The van der Waals surface area contributed by atoms with Crippen molar-refractivity contribution in [2.75, 3.05) is 27.2 Å². The van der Waals surface area contributed by atoms with Gasteiger partial charge in [-0.05, 0) is 26.1 Å². The number of likely N-dealkylation sites (tertiary alicyclic amines) is 1. The zero-order valence-electron chi connectivity index (χ0n) is 12.5. The van der Waals surface area contributed by atoms with Crippen molar-refractivity contribution in [1.82, 2.24) is 15.1 Å². The van der Waals surface area contributed by atoms with Gasteiger partial charge in [-0.3, -0.25) is 9.69 Å². The van der Waals surface area contributed by atoms with Gasteiger partial charge in [0.1, 0.15) is 6.04 Å². The molecular formula is C15H22N4O2. The first-order valence-corrected chi connectivity index (χ1v) is 7.05. The molecule has 2 rings (SSSR count). The standard InChI is InChI=1S/C15H22N4O2/c1-18(2)13(11-6-4-3-5-7-11)14(20)19-9-8-12(10-19)17-15(16)21/h3-7,12-13H,8-10H2,1-2H3,(H3,16,17,21)/t12-,13?/m1/s1. The Labute approximate surface area is 124 Å². The normalized spacial score (nSPS) is 19.6. The summed E-state index contributed by atoms with van der Waals surface area (Å²) < 4.78 is 0. The molecule has 1 aliphatic heterocycles. The first-order chi connectivity index (χ1) is 9.99. The van der Waals surface area contributed by atoms with Crippen LogP contribution in [0.15, 0.2) is 30.3 Å². The summed E-state index contributed by atoms with van der Waals surface area (Å²) in [5, 5.41) is 2.67. The van der Waals surface area contributed by atoms with Gasteiger partial charge >= 0.3 is 6.03 Å². The number of carbonyl (C=O) groups excluding carboxylic acids is 2. The third-order valence-electron chi connectivity index (χ3n) is 3.71. The van der Waals surface area contributed by atoms with Crippen molar-refractivity contribution in [2.45, 2.75) is 18.5 Å². The molecule has 0 radical (unpaired) electrons. The van der Waals surface area contributed by atoms with E-state index in [4.69, 9.17) is 5.73 Å². The molecule has 3 amide bonds. The molecule has 0 aliphatic carbocycles. The van der Waals surface area contributed by atoms with E-state index in [1.54, 1.807) is 4.90 Å². The Bertz CT molecular complexity index is 504. The molecular weight excluding hydrogens is 268 g/mol. The van der Waals surface area contributed by atoms with E-state index in [0.29, 0.717) is 13.1 Å². The highest BCUT2D eigenvalue weighted by Gasteiger charge is 2.33. The molecule has 1 aromatic rings. The summed E-state index contributed by atoms with van der Waals surface area (Å²) >= 11 is 0. The molecule has 0 saturated carbocycles. The minimum atomic E-state index is -0.540. The van der Waals surface area contributed by atoms with Gasteiger partial charge in [-0.25, -0.2) is 4.79 Å². The molecule has 21 heavy (non-hydrogen) atoms. The number of amides is 3. The molecule has 6 nitrogen and oxygen atoms in total. The van der Waals surface area contributed by atoms with Gasteiger partial charge in [0.25, 0.3) is 0 Å². The molecule has 1 heterocycles. The summed E-state index contributed by atoms with van der Waals surface area (Å²) in [6.07, 6.45) is 0.740. The first kappa shape index (κ1) is 15.3. The Morgan fingerprint density at radius 1 is 1.33 bits per heavy atom. The van der Waals surface area contributed by atoms with E-state index < -0.39 is 6.03 Å². The number of carbonyl (C=O) groups is 2. The fourth-order valence-corrected chi connectivity index (χ4v) is 2.75. The Morgan fingerprint density at radius 2 is 2.00 bits per heavy atom. The zero-order valence-corrected chi connectivity index (χ0v) is 12.5. The van der Waals surface area contributed by atoms with Crippen molar-refractivity contribution in [1.29, 1.82) is 0 Å². The summed E-state index contributed by atoms with van der Waals surface area (Å²) in [7, 11) is 3.79. The van der Waals surface area contributed by atoms with E-state index in [-0.39, 0.29) is 18.0 Å². The van der Waals surface area contributed by atoms with Gasteiger partial charge in [0.05, 0.1) is 0 Å². The molecule has 6 heteroatoms. The second-order valence-electron chi connectivity index (χ2n) is 5.56. The highest BCUT2D eigenvalue weighted by Crippen LogP contribution is 2.23. The van der Waals surface area contributed by atoms with Gasteiger partial charge in [0, 0.05) is 19.1 Å². The maximum atomic E-state index is 12.8. The quantitative estimate of drug-likeness (QED) is 0.850. The third-order valence-corrected chi connectivity index (χ3v) is 3.71. The molecule has 1 unspecified atom stereocenters. The Morgan fingerprint density at radius 3 is 2.57 bits per heavy atom. The summed E-state index contributed by atoms with van der Waals surface area (Å²) in [5.41, 5.74) is 6.10. The van der Waals surface area contributed by atoms with Gasteiger partial charge in [0.15, 0.2) is 0 Å². The highest BCUT2D eigenvalue weighted by atomic mass is 16.2. The molecule has 1 saturated heterocycles. The van der Waals surface area contributed by atoms with Crippen LogP contribution >= 0.6 is 0 Å². The molecule has 0 aromatic heterocycles. The van der Waals surface area contributed by atoms with Crippen molar-refractivity contribution >= 4 is 11.9 Å². The number of benzene rings is 1. The van der Waals surface area contributed by atoms with E-state index >= 15 is 0 Å². The number of nitrogens with two attached hydrogens (primary N) is 1. The SMILES string of the molecule is CN(C)C(C(=O)N1CC[C@@H](NC(N)=O)C1)c1ccccc1. The van der Waals surface area contributed by atoms with Gasteiger partial charge < -0.3 is 16.0 Å². The predicted octanol–water partition coefficient (Wildman–Crippen LogP) is 0.559. The number of nitrogens with one attached hydrogen (secondary N) is 1. The van der Waals surface area contributed by atoms with Crippen molar-refractivity contribution in [3.63, 3.8) is 0 Å². The number of nitrogens with zero attached hydrogens (tertiary/aromatic N) is 2. The van der Waals surface area contributed by atoms with E-state index in [0.717, 1.165) is 12.0 Å². The van der Waals surface area contributed by atoms with Crippen LogP contribution in [0.4, 0.5) is 4.79 Å². The molecule has 0 bridgehead atoms. The van der Waals surface area contributed by atoms with Crippen molar-refractivity contribution in [3.8, 4) is 0 Å². The topological polar surface area (TPSA) is 78.7 Å². The average molecular weight is 290 g/mol. The van der Waals surface area contributed by atoms with Crippen LogP contribution < -0.4 is 11.1 Å². The molecule has 0 spiro atoms. The van der Waals surface area contributed by atoms with Crippen molar-refractivity contribution in [2.24, 2.45) is 5.73 Å². The molecule has 114 valence electrons. The lowest BCUT2D eigenvalue weighted by molar-refractivity contribution is -0.135. The van der Waals surface area contributed by atoms with Crippen LogP contribution in [-0.2, 0) is 4.79 Å². The Kier molecular flexibility index (Phi) is 4.80. The number of likely N-dealkylation sites (N-methyl/N-ethyl adjacent to an activating group) is 1. The van der Waals surface area contributed by atoms with Gasteiger partial charge in [-0.15, -0.1) is 0 Å². The summed E-state index contributed by atoms with van der Waals surface area (Å²) in [6.45, 7) is 1.15. The number of hydrogen-bond acceptors (Lipinski definition) is 3. The van der Waals surface area contributed by atoms with Gasteiger partial charge in [0.2, 0.25) is 5.91 Å². The van der Waals surface area contributed by atoms with Gasteiger partial charge in [-0.2, -0.15) is 0 Å². The number of rotatable bonds is 4. The summed E-state index contributed by atoms with van der Waals surface area (Å²) in [5.74, 6) is 0.0555. The summed E-state index contributed by atoms with van der Waals surface area (Å²) in [6, 6.07) is 8.81. The minimum absolute atomic E-state index is 0.0509. The fourth-order valence-electron chi connectivity index (χ4n) is 2.75. The maximum Gasteiger partial charge on any atom is 0.312 e. The van der Waals surface area contributed by atoms with Crippen LogP contribution in [0.5, 0.6) is 0 Å². The Balaban J connectivity index is 2.08. The van der Waals surface area contributed by atoms with Crippen LogP contribution in [0, 0.1) is 0 Å². The highest BCUT2D eigenvalue weighted by molar-refractivity contribution is 5.83. The van der Waals surface area contributed by atoms with E-state index in [9.17, 15) is 9.59 Å². The van der Waals surface area contributed by atoms with Crippen LogP contribution in [0.1, 0.15) is 18.0 Å². The van der Waals surface area contributed by atoms with Crippen molar-refractivity contribution < 1.29 is 9.59 Å². The second-order valence-corrected chi connectivity index (χ2v) is 5.56. The number of urea groups is 1. The molecule has 3 N–H and O–H groups in total. The lowest BCUT2D eigenvalue weighted by Gasteiger charge is -2.28. The Hall–Kier alpha value is -2.08. The first-order valence-electron chi connectivity index (χ1n) is 7.05. The molecule has 1 aliphatic rings. The largest absolute Gasteiger partial charge is 0.352 e. The second kappa shape index (κ2) is 6.58. The van der Waals surface area contributed by atoms with Gasteiger partial charge in [-0.1, -0.05) is 30.3 Å². The third kappa shape index (κ3) is 3.72. The minimum Gasteiger partial charge on any atom is -0.352 e. The molecule has 1 fully saturated rings. The van der Waals surface area contributed by atoms with E-state index in [1.165, 1.54) is 0 Å². The van der Waals surface area contributed by atoms with Crippen molar-refractivity contribution in [3.05, 3.63) is 35.9 Å². The van der Waals surface area contributed by atoms with E-state index in [1.807, 2.05) is 49.3 Å². The van der Waals surface area contributed by atoms with Crippen LogP contribution in [0.3, 0.4) is 0 Å². The van der Waals surface area contributed by atoms with Crippen LogP contribution in [0.25, 0.3) is 0 Å². The number of primary amides is 1. The predicted molar refractivity (Wildman–Crippen MR) is 80.6 cm³/mol. The lowest BCUT2D eigenvalue weighted by Crippen LogP contribution is -2.43. The maximum absolute atomic E-state index is 12.8. The zero-order chi connectivity index (χ0) is 15.4. The molecule has 1 aromatic carbocycles. The lowest BCUT2D eigenvalue weighted by atomic mass is 10.0. The monoisotopic (exact) mass is 290 g/mol. The van der Waals surface area contributed by atoms with Crippen LogP contribution in [0.2, 0.25) is 0 Å². The smallest absolute Gasteiger partial charge is 0.312 e. The van der Waals surface area contributed by atoms with E-state index in [2.05, 4.69) is 5.32 Å². The molecule has 2 atom stereocenters. The summed E-state index contributed by atoms with van der Waals surface area (Å²) in [4.78, 5) is 27.4. The average Bonchev–Trinajstić information content (AvgIpc) is 2.87. The van der Waals surface area contributed by atoms with Crippen LogP contribution in [-0.4, -0.2) is 55.0 Å². The number of hydrogen-bond donors (Lipinski definition) is 2.